The summed E-state index contributed by atoms with van der Waals surface area (Å²) in [5.41, 5.74) is 6.30. The monoisotopic (exact) mass is 176 g/mol. The van der Waals surface area contributed by atoms with Crippen molar-refractivity contribution in [3.8, 4) is 0 Å². The highest BCUT2D eigenvalue weighted by Crippen LogP contribution is 2.08. The highest BCUT2D eigenvalue weighted by Gasteiger charge is 2.04. The number of nitrogens with two attached hydrogens (primary N) is 1. The van der Waals surface area contributed by atoms with Gasteiger partial charge in [-0.25, -0.2) is 4.98 Å². The summed E-state index contributed by atoms with van der Waals surface area (Å²) >= 11 is 0. The maximum Gasteiger partial charge on any atom is 0.194 e. The van der Waals surface area contributed by atoms with Crippen molar-refractivity contribution in [3.63, 3.8) is 0 Å². The van der Waals surface area contributed by atoms with Crippen molar-refractivity contribution >= 4 is 12.4 Å². The lowest BCUT2D eigenvalue weighted by molar-refractivity contribution is 0.460. The molecule has 0 aromatic carbocycles. The summed E-state index contributed by atoms with van der Waals surface area (Å²) in [6.45, 7) is 4.36. The average Bonchev–Trinajstić information content (AvgIpc) is 2.30. The van der Waals surface area contributed by atoms with Crippen molar-refractivity contribution in [2.24, 2.45) is 5.73 Å². The van der Waals surface area contributed by atoms with Crippen LogP contribution in [0.5, 0.6) is 0 Å². The fourth-order valence-corrected chi connectivity index (χ4v) is 0.829. The van der Waals surface area contributed by atoms with Crippen LogP contribution in [0.4, 0.5) is 0 Å². The fraction of sp³-hybridized carbons (Fsp3) is 0.571. The lowest BCUT2D eigenvalue weighted by Gasteiger charge is -1.86. The molecular formula is C7H13ClN2O. The van der Waals surface area contributed by atoms with E-state index in [2.05, 4.69) is 4.98 Å². The number of oxazole rings is 1. The maximum atomic E-state index is 5.38. The lowest BCUT2D eigenvalue weighted by atomic mass is 10.4. The smallest absolute Gasteiger partial charge is 0.194 e. The van der Waals surface area contributed by atoms with Gasteiger partial charge in [0.15, 0.2) is 5.89 Å². The van der Waals surface area contributed by atoms with Gasteiger partial charge in [0, 0.05) is 6.42 Å². The summed E-state index contributed by atoms with van der Waals surface area (Å²) < 4.78 is 5.28. The third-order valence-corrected chi connectivity index (χ3v) is 1.42. The van der Waals surface area contributed by atoms with E-state index in [1.807, 2.05) is 13.8 Å². The SMILES string of the molecule is CCc1nc(C)c(CN)o1.Cl. The number of nitrogens with zero attached hydrogens (tertiary/aromatic N) is 1. The molecule has 0 fully saturated rings. The molecule has 0 amide bonds. The minimum Gasteiger partial charge on any atom is -0.444 e. The van der Waals surface area contributed by atoms with Crippen LogP contribution >= 0.6 is 12.4 Å². The molecule has 1 heterocycles. The Hall–Kier alpha value is -0.540. The second-order valence-electron chi connectivity index (χ2n) is 2.17. The molecule has 0 unspecified atom stereocenters. The standard InChI is InChI=1S/C7H12N2O.ClH/c1-3-7-9-5(2)6(4-8)10-7;/h3-4,8H2,1-2H3;1H. The van der Waals surface area contributed by atoms with Gasteiger partial charge in [-0.3, -0.25) is 0 Å². The molecule has 0 aliphatic heterocycles. The molecule has 3 nitrogen and oxygen atoms in total. The topological polar surface area (TPSA) is 52.0 Å². The molecule has 0 radical (unpaired) electrons. The number of aryl methyl sites for hydroxylation is 2. The minimum atomic E-state index is 0. The van der Waals surface area contributed by atoms with Gasteiger partial charge in [-0.15, -0.1) is 12.4 Å². The van der Waals surface area contributed by atoms with E-state index in [0.717, 1.165) is 23.8 Å². The number of hydrogen-bond acceptors (Lipinski definition) is 3. The molecule has 64 valence electrons. The average molecular weight is 177 g/mol. The Balaban J connectivity index is 0.000001000. The predicted molar refractivity (Wildman–Crippen MR) is 45.8 cm³/mol. The molecule has 1 rings (SSSR count). The highest BCUT2D eigenvalue weighted by atomic mass is 35.5. The summed E-state index contributed by atoms with van der Waals surface area (Å²) in [7, 11) is 0. The quantitative estimate of drug-likeness (QED) is 0.742. The molecule has 0 atom stereocenters. The third-order valence-electron chi connectivity index (χ3n) is 1.42. The molecule has 1 aromatic rings. The minimum absolute atomic E-state index is 0. The van der Waals surface area contributed by atoms with Crippen molar-refractivity contribution in [2.75, 3.05) is 0 Å². The van der Waals surface area contributed by atoms with Crippen LogP contribution in [-0.2, 0) is 13.0 Å². The molecule has 0 bridgehead atoms. The molecule has 11 heavy (non-hydrogen) atoms. The van der Waals surface area contributed by atoms with E-state index in [-0.39, 0.29) is 12.4 Å². The van der Waals surface area contributed by atoms with E-state index in [9.17, 15) is 0 Å². The Morgan fingerprint density at radius 2 is 2.18 bits per heavy atom. The summed E-state index contributed by atoms with van der Waals surface area (Å²) in [6, 6.07) is 0. The fourth-order valence-electron chi connectivity index (χ4n) is 0.829. The van der Waals surface area contributed by atoms with Gasteiger partial charge in [0.25, 0.3) is 0 Å². The Bertz CT molecular complexity index is 222. The molecule has 0 spiro atoms. The Morgan fingerprint density at radius 3 is 2.45 bits per heavy atom. The first-order valence-electron chi connectivity index (χ1n) is 3.43. The Kier molecular flexibility index (Phi) is 4.15. The van der Waals surface area contributed by atoms with Crippen LogP contribution in [0.25, 0.3) is 0 Å². The Labute approximate surface area is 72.4 Å². The van der Waals surface area contributed by atoms with E-state index in [0.29, 0.717) is 6.54 Å². The van der Waals surface area contributed by atoms with Gasteiger partial charge in [-0.2, -0.15) is 0 Å². The van der Waals surface area contributed by atoms with Crippen LogP contribution in [0, 0.1) is 6.92 Å². The van der Waals surface area contributed by atoms with Gasteiger partial charge in [-0.1, -0.05) is 6.92 Å². The first kappa shape index (κ1) is 10.5. The number of rotatable bonds is 2. The Morgan fingerprint density at radius 1 is 1.55 bits per heavy atom. The van der Waals surface area contributed by atoms with Gasteiger partial charge in [0.2, 0.25) is 0 Å². The van der Waals surface area contributed by atoms with Gasteiger partial charge >= 0.3 is 0 Å². The first-order chi connectivity index (χ1) is 4.77. The van der Waals surface area contributed by atoms with Crippen molar-refractivity contribution in [3.05, 3.63) is 17.3 Å². The lowest BCUT2D eigenvalue weighted by Crippen LogP contribution is -1.95. The molecular weight excluding hydrogens is 164 g/mol. The summed E-state index contributed by atoms with van der Waals surface area (Å²) in [4.78, 5) is 4.15. The number of aromatic nitrogens is 1. The summed E-state index contributed by atoms with van der Waals surface area (Å²) in [5.74, 6) is 1.58. The van der Waals surface area contributed by atoms with Gasteiger partial charge in [0.1, 0.15) is 5.76 Å². The van der Waals surface area contributed by atoms with Crippen molar-refractivity contribution in [2.45, 2.75) is 26.8 Å². The van der Waals surface area contributed by atoms with Gasteiger partial charge in [0.05, 0.1) is 12.2 Å². The van der Waals surface area contributed by atoms with Crippen LogP contribution in [0.1, 0.15) is 24.3 Å². The van der Waals surface area contributed by atoms with Crippen molar-refractivity contribution < 1.29 is 4.42 Å². The molecule has 1 aromatic heterocycles. The molecule has 4 heteroatoms. The first-order valence-corrected chi connectivity index (χ1v) is 3.43. The zero-order chi connectivity index (χ0) is 7.56. The number of halogens is 1. The summed E-state index contributed by atoms with van der Waals surface area (Å²) in [5, 5.41) is 0. The van der Waals surface area contributed by atoms with Gasteiger partial charge < -0.3 is 10.2 Å². The van der Waals surface area contributed by atoms with E-state index < -0.39 is 0 Å². The molecule has 2 N–H and O–H groups in total. The second-order valence-corrected chi connectivity index (χ2v) is 2.17. The van der Waals surface area contributed by atoms with Crippen LogP contribution in [0.2, 0.25) is 0 Å². The van der Waals surface area contributed by atoms with E-state index >= 15 is 0 Å². The second kappa shape index (κ2) is 4.36. The predicted octanol–water partition coefficient (Wildman–Crippen LogP) is 1.43. The molecule has 0 saturated heterocycles. The zero-order valence-corrected chi connectivity index (χ0v) is 7.57. The highest BCUT2D eigenvalue weighted by molar-refractivity contribution is 5.85. The maximum absolute atomic E-state index is 5.38. The normalized spacial score (nSPS) is 9.36. The molecule has 0 aliphatic rings. The summed E-state index contributed by atoms with van der Waals surface area (Å²) in [6.07, 6.45) is 0.834. The van der Waals surface area contributed by atoms with E-state index in [1.54, 1.807) is 0 Å². The zero-order valence-electron chi connectivity index (χ0n) is 6.76. The van der Waals surface area contributed by atoms with Crippen LogP contribution in [0.3, 0.4) is 0 Å². The number of hydrogen-bond donors (Lipinski definition) is 1. The van der Waals surface area contributed by atoms with Crippen molar-refractivity contribution in [1.29, 1.82) is 0 Å². The van der Waals surface area contributed by atoms with E-state index in [4.69, 9.17) is 10.2 Å². The van der Waals surface area contributed by atoms with Gasteiger partial charge in [-0.05, 0) is 6.92 Å². The van der Waals surface area contributed by atoms with Crippen LogP contribution in [0.15, 0.2) is 4.42 Å². The molecule has 0 saturated carbocycles. The van der Waals surface area contributed by atoms with Crippen LogP contribution in [-0.4, -0.2) is 4.98 Å². The van der Waals surface area contributed by atoms with Crippen LogP contribution < -0.4 is 5.73 Å². The largest absolute Gasteiger partial charge is 0.444 e. The van der Waals surface area contributed by atoms with E-state index in [1.165, 1.54) is 0 Å². The molecule has 0 aliphatic carbocycles. The third kappa shape index (κ3) is 2.20. The van der Waals surface area contributed by atoms with Crippen molar-refractivity contribution in [1.82, 2.24) is 4.98 Å².